The van der Waals surface area contributed by atoms with E-state index in [1.54, 1.807) is 43.2 Å². The van der Waals surface area contributed by atoms with Crippen LogP contribution in [0.5, 0.6) is 0 Å². The fraction of sp³-hybridized carbons (Fsp3) is 0.300. The van der Waals surface area contributed by atoms with Crippen molar-refractivity contribution in [3.63, 3.8) is 0 Å². The summed E-state index contributed by atoms with van der Waals surface area (Å²) < 4.78 is 15.2. The molecule has 8 nitrogen and oxygen atoms in total. The Labute approximate surface area is 167 Å². The Balaban J connectivity index is 1.71. The number of carbonyl (C=O) groups excluding carboxylic acids is 1. The molecule has 2 aromatic heterocycles. The smallest absolute Gasteiger partial charge is 0.270 e. The number of nitrogens with one attached hydrogen (secondary N) is 1. The Morgan fingerprint density at radius 3 is 2.79 bits per heavy atom. The summed E-state index contributed by atoms with van der Waals surface area (Å²) in [6.45, 7) is 2.58. The third kappa shape index (κ3) is 3.95. The van der Waals surface area contributed by atoms with Crippen molar-refractivity contribution in [1.82, 2.24) is 25.1 Å². The minimum Gasteiger partial charge on any atom is -0.394 e. The molecule has 2 N–H and O–H groups in total. The number of nitrogens with zero attached hydrogens (tertiary/aromatic N) is 5. The molecule has 1 amide bonds. The van der Waals surface area contributed by atoms with Gasteiger partial charge in [0.05, 0.1) is 18.4 Å². The van der Waals surface area contributed by atoms with E-state index in [0.29, 0.717) is 30.3 Å². The van der Waals surface area contributed by atoms with Crippen molar-refractivity contribution >= 4 is 11.7 Å². The lowest BCUT2D eigenvalue weighted by Crippen LogP contribution is -2.35. The molecule has 1 aliphatic rings. The van der Waals surface area contributed by atoms with Crippen LogP contribution in [-0.4, -0.2) is 43.4 Å². The van der Waals surface area contributed by atoms with Gasteiger partial charge in [-0.05, 0) is 30.2 Å². The van der Waals surface area contributed by atoms with Crippen LogP contribution in [0, 0.1) is 5.82 Å². The van der Waals surface area contributed by atoms with E-state index < -0.39 is 11.9 Å². The van der Waals surface area contributed by atoms with E-state index >= 15 is 0 Å². The van der Waals surface area contributed by atoms with Crippen LogP contribution in [0.3, 0.4) is 0 Å². The van der Waals surface area contributed by atoms with Crippen LogP contribution in [0.1, 0.15) is 28.5 Å². The number of amides is 1. The summed E-state index contributed by atoms with van der Waals surface area (Å²) >= 11 is 0. The first kappa shape index (κ1) is 19.0. The summed E-state index contributed by atoms with van der Waals surface area (Å²) in [5.41, 5.74) is 2.79. The molecule has 0 radical (unpaired) electrons. The van der Waals surface area contributed by atoms with Crippen LogP contribution in [0.25, 0.3) is 11.4 Å². The molecule has 9 heteroatoms. The molecule has 1 aromatic carbocycles. The van der Waals surface area contributed by atoms with Gasteiger partial charge in [-0.15, -0.1) is 0 Å². The lowest BCUT2D eigenvalue weighted by molar-refractivity contribution is 0.0917. The van der Waals surface area contributed by atoms with Gasteiger partial charge in [-0.25, -0.2) is 14.4 Å². The highest BCUT2D eigenvalue weighted by Crippen LogP contribution is 2.29. The Kier molecular flexibility index (Phi) is 4.98. The fourth-order valence-electron chi connectivity index (χ4n) is 3.25. The van der Waals surface area contributed by atoms with Gasteiger partial charge in [-0.3, -0.25) is 9.48 Å². The van der Waals surface area contributed by atoms with Crippen molar-refractivity contribution in [3.05, 3.63) is 59.3 Å². The maximum atomic E-state index is 13.6. The third-order valence-corrected chi connectivity index (χ3v) is 4.77. The number of halogens is 1. The zero-order valence-corrected chi connectivity index (χ0v) is 16.1. The van der Waals surface area contributed by atoms with E-state index in [4.69, 9.17) is 0 Å². The summed E-state index contributed by atoms with van der Waals surface area (Å²) in [6.07, 6.45) is 3.40. The minimum atomic E-state index is -0.401. The fourth-order valence-corrected chi connectivity index (χ4v) is 3.25. The molecule has 0 saturated carbocycles. The number of carbonyl (C=O) groups is 1. The third-order valence-electron chi connectivity index (χ3n) is 4.77. The van der Waals surface area contributed by atoms with E-state index in [-0.39, 0.29) is 18.1 Å². The van der Waals surface area contributed by atoms with Gasteiger partial charge in [0.1, 0.15) is 17.3 Å². The van der Waals surface area contributed by atoms with E-state index in [1.165, 1.54) is 12.1 Å². The van der Waals surface area contributed by atoms with E-state index in [0.717, 1.165) is 11.1 Å². The number of rotatable bonds is 5. The molecule has 3 heterocycles. The highest BCUT2D eigenvalue weighted by atomic mass is 19.1. The number of anilines is 1. The summed E-state index contributed by atoms with van der Waals surface area (Å²) in [4.78, 5) is 23.6. The van der Waals surface area contributed by atoms with Gasteiger partial charge < -0.3 is 15.3 Å². The van der Waals surface area contributed by atoms with Crippen LogP contribution in [-0.2, 0) is 20.1 Å². The first-order chi connectivity index (χ1) is 13.9. The van der Waals surface area contributed by atoms with Crippen LogP contribution in [0.2, 0.25) is 0 Å². The second-order valence-corrected chi connectivity index (χ2v) is 7.16. The molecule has 0 aliphatic carbocycles. The lowest BCUT2D eigenvalue weighted by atomic mass is 10.1. The summed E-state index contributed by atoms with van der Waals surface area (Å²) in [5, 5.41) is 16.1. The monoisotopic (exact) mass is 396 g/mol. The summed E-state index contributed by atoms with van der Waals surface area (Å²) in [7, 11) is 1.79. The van der Waals surface area contributed by atoms with Gasteiger partial charge in [-0.2, -0.15) is 5.10 Å². The average molecular weight is 396 g/mol. The Morgan fingerprint density at radius 1 is 1.28 bits per heavy atom. The molecule has 3 aromatic rings. The van der Waals surface area contributed by atoms with Crippen molar-refractivity contribution in [1.29, 1.82) is 0 Å². The number of aryl methyl sites for hydroxylation is 1. The van der Waals surface area contributed by atoms with Crippen molar-refractivity contribution in [2.24, 2.45) is 7.05 Å². The number of fused-ring (bicyclic) bond motifs is 1. The number of aliphatic hydroxyl groups is 1. The lowest BCUT2D eigenvalue weighted by Gasteiger charge is -2.18. The molecule has 0 saturated heterocycles. The molecule has 0 unspecified atom stereocenters. The molecule has 150 valence electrons. The molecule has 0 spiro atoms. The minimum absolute atomic E-state index is 0.174. The van der Waals surface area contributed by atoms with Gasteiger partial charge in [0, 0.05) is 38.4 Å². The van der Waals surface area contributed by atoms with Gasteiger partial charge in [0.25, 0.3) is 5.91 Å². The maximum Gasteiger partial charge on any atom is 0.270 e. The Bertz CT molecular complexity index is 1070. The first-order valence-corrected chi connectivity index (χ1v) is 9.25. The Hall–Kier alpha value is -3.33. The van der Waals surface area contributed by atoms with Crippen molar-refractivity contribution in [3.8, 4) is 11.4 Å². The van der Waals surface area contributed by atoms with Crippen LogP contribution in [0.15, 0.2) is 36.7 Å². The quantitative estimate of drug-likeness (QED) is 0.681. The highest BCUT2D eigenvalue weighted by molar-refractivity contribution is 5.93. The average Bonchev–Trinajstić information content (AvgIpc) is 3.33. The summed E-state index contributed by atoms with van der Waals surface area (Å²) in [5.74, 6) is 0.266. The van der Waals surface area contributed by atoms with E-state index in [9.17, 15) is 14.3 Å². The van der Waals surface area contributed by atoms with Crippen molar-refractivity contribution in [2.45, 2.75) is 26.1 Å². The van der Waals surface area contributed by atoms with Crippen molar-refractivity contribution < 1.29 is 14.3 Å². The first-order valence-electron chi connectivity index (χ1n) is 9.25. The molecular formula is C20H21FN6O2. The number of aliphatic hydroxyl groups excluding tert-OH is 1. The van der Waals surface area contributed by atoms with Gasteiger partial charge >= 0.3 is 0 Å². The van der Waals surface area contributed by atoms with Crippen LogP contribution < -0.4 is 10.2 Å². The zero-order valence-electron chi connectivity index (χ0n) is 16.1. The Morgan fingerprint density at radius 2 is 2.07 bits per heavy atom. The SMILES string of the molecule is C[C@@H](CO)NC(=O)c1cc(N2Cc3ccc(F)cc3C2)nc(-c2cnn(C)c2)n1. The van der Waals surface area contributed by atoms with Gasteiger partial charge in [0.15, 0.2) is 5.82 Å². The van der Waals surface area contributed by atoms with E-state index in [1.807, 2.05) is 4.90 Å². The molecule has 1 atom stereocenters. The highest BCUT2D eigenvalue weighted by Gasteiger charge is 2.24. The van der Waals surface area contributed by atoms with Crippen LogP contribution in [0.4, 0.5) is 10.2 Å². The predicted molar refractivity (Wildman–Crippen MR) is 105 cm³/mol. The number of hydrogen-bond acceptors (Lipinski definition) is 6. The molecular weight excluding hydrogens is 375 g/mol. The predicted octanol–water partition coefficient (Wildman–Crippen LogP) is 1.65. The largest absolute Gasteiger partial charge is 0.394 e. The number of hydrogen-bond donors (Lipinski definition) is 2. The standard InChI is InChI=1S/C20H21FN6O2/c1-12(11-28)23-20(29)17-6-18(25-19(24-17)15-7-22-26(2)8-15)27-9-13-3-4-16(21)5-14(13)10-27/h3-8,12,28H,9-11H2,1-2H3,(H,23,29)/t12-/m0/s1. The molecule has 0 bridgehead atoms. The van der Waals surface area contributed by atoms with Gasteiger partial charge in [0.2, 0.25) is 0 Å². The normalized spacial score (nSPS) is 14.0. The number of benzene rings is 1. The molecule has 4 rings (SSSR count). The molecule has 29 heavy (non-hydrogen) atoms. The van der Waals surface area contributed by atoms with Gasteiger partial charge in [-0.1, -0.05) is 6.07 Å². The second-order valence-electron chi connectivity index (χ2n) is 7.16. The zero-order chi connectivity index (χ0) is 20.5. The molecule has 0 fully saturated rings. The summed E-state index contributed by atoms with van der Waals surface area (Å²) in [6, 6.07) is 5.95. The number of aromatic nitrogens is 4. The van der Waals surface area contributed by atoms with Crippen LogP contribution >= 0.6 is 0 Å². The second kappa shape index (κ2) is 7.59. The van der Waals surface area contributed by atoms with Crippen molar-refractivity contribution in [2.75, 3.05) is 11.5 Å². The topological polar surface area (TPSA) is 96.2 Å². The molecule has 1 aliphatic heterocycles. The maximum absolute atomic E-state index is 13.6. The van der Waals surface area contributed by atoms with E-state index in [2.05, 4.69) is 20.4 Å².